The van der Waals surface area contributed by atoms with Crippen LogP contribution in [0.1, 0.15) is 75.8 Å². The summed E-state index contributed by atoms with van der Waals surface area (Å²) in [7, 11) is 3.40. The van der Waals surface area contributed by atoms with Crippen LogP contribution in [0, 0.1) is 0 Å². The highest BCUT2D eigenvalue weighted by Gasteiger charge is 2.49. The van der Waals surface area contributed by atoms with Crippen molar-refractivity contribution in [3.8, 4) is 17.2 Å². The lowest BCUT2D eigenvalue weighted by atomic mass is 9.72. The van der Waals surface area contributed by atoms with Gasteiger partial charge < -0.3 is 44.4 Å². The van der Waals surface area contributed by atoms with E-state index in [0.717, 1.165) is 26.2 Å². The highest BCUT2D eigenvalue weighted by atomic mass is 35.5. The second-order valence-electron chi connectivity index (χ2n) is 12.6. The topological polar surface area (TPSA) is 179 Å². The molecule has 0 bridgehead atoms. The van der Waals surface area contributed by atoms with E-state index in [1.807, 2.05) is 7.05 Å². The Hall–Kier alpha value is -3.59. The minimum atomic E-state index is -2.02. The van der Waals surface area contributed by atoms with Gasteiger partial charge in [0, 0.05) is 62.1 Å². The molecule has 2 fully saturated rings. The summed E-state index contributed by atoms with van der Waals surface area (Å²) in [6.45, 7) is 6.24. The first-order valence-corrected chi connectivity index (χ1v) is 15.4. The van der Waals surface area contributed by atoms with E-state index >= 15 is 0 Å². The normalized spacial score (nSPS) is 29.1. The number of phenols is 2. The van der Waals surface area contributed by atoms with Gasteiger partial charge in [-0.25, -0.2) is 0 Å². The Labute approximate surface area is 278 Å². The second-order valence-corrected chi connectivity index (χ2v) is 12.6. The molecule has 47 heavy (non-hydrogen) atoms. The van der Waals surface area contributed by atoms with Crippen LogP contribution >= 0.6 is 12.4 Å². The average Bonchev–Trinajstić information content (AvgIpc) is 3.02. The quantitative estimate of drug-likeness (QED) is 0.170. The molecule has 2 aliphatic carbocycles. The molecule has 0 amide bonds. The molecule has 2 saturated heterocycles. The second kappa shape index (κ2) is 13.1. The molecule has 2 aromatic rings. The van der Waals surface area contributed by atoms with Gasteiger partial charge in [-0.3, -0.25) is 19.4 Å². The third kappa shape index (κ3) is 6.00. The number of hydrogen-bond acceptors (Lipinski definition) is 12. The number of phenolic OH excluding ortho intramolecular Hbond substituents is 2. The van der Waals surface area contributed by atoms with Gasteiger partial charge in [0.2, 0.25) is 5.78 Å². The predicted molar refractivity (Wildman–Crippen MR) is 171 cm³/mol. The van der Waals surface area contributed by atoms with Crippen molar-refractivity contribution in [2.45, 2.75) is 69.4 Å². The maximum Gasteiger partial charge on any atom is 0.202 e. The summed E-state index contributed by atoms with van der Waals surface area (Å²) in [5.41, 5.74) is -3.01. The summed E-state index contributed by atoms with van der Waals surface area (Å²) in [5, 5.41) is 45.6. The van der Waals surface area contributed by atoms with Gasteiger partial charge in [-0.15, -0.1) is 12.4 Å². The van der Waals surface area contributed by atoms with Gasteiger partial charge >= 0.3 is 0 Å². The van der Waals surface area contributed by atoms with Crippen molar-refractivity contribution in [2.75, 3.05) is 40.3 Å². The number of aliphatic imine (C=N–C) groups is 1. The van der Waals surface area contributed by atoms with Crippen LogP contribution in [0.4, 0.5) is 0 Å². The average molecular weight is 674 g/mol. The van der Waals surface area contributed by atoms with E-state index in [1.54, 1.807) is 13.3 Å². The number of piperazine rings is 1. The number of Topliss-reactive ketones (excluding diaryl/α,β-unsaturated/α-hetero) is 1. The summed E-state index contributed by atoms with van der Waals surface area (Å²) in [6.07, 6.45) is -2.78. The molecule has 4 unspecified atom stereocenters. The number of ether oxygens (including phenoxy) is 3. The minimum absolute atomic E-state index is 0. The number of fused-ring (bicyclic) bond motifs is 3. The van der Waals surface area contributed by atoms with E-state index in [9.17, 15) is 34.8 Å². The van der Waals surface area contributed by atoms with Crippen molar-refractivity contribution in [1.82, 2.24) is 9.80 Å². The van der Waals surface area contributed by atoms with Crippen molar-refractivity contribution in [3.05, 3.63) is 51.6 Å². The molecular formula is C33H40ClN3O10. The molecule has 0 aromatic heterocycles. The smallest absolute Gasteiger partial charge is 0.202 e. The van der Waals surface area contributed by atoms with Crippen molar-refractivity contribution < 1.29 is 49.0 Å². The van der Waals surface area contributed by atoms with Crippen LogP contribution in [0.15, 0.2) is 23.2 Å². The maximum absolute atomic E-state index is 13.8. The monoisotopic (exact) mass is 673 g/mol. The third-order valence-corrected chi connectivity index (χ3v) is 9.68. The van der Waals surface area contributed by atoms with Gasteiger partial charge in [-0.2, -0.15) is 0 Å². The number of benzene rings is 2. The number of nitrogens with zero attached hydrogens (tertiary/aromatic N) is 3. The number of methoxy groups -OCH3 is 1. The molecule has 4 aliphatic rings. The number of halogens is 1. The molecule has 2 aromatic carbocycles. The van der Waals surface area contributed by atoms with Gasteiger partial charge in [-0.05, 0) is 27.0 Å². The zero-order chi connectivity index (χ0) is 33.1. The van der Waals surface area contributed by atoms with Crippen LogP contribution in [0.5, 0.6) is 17.2 Å². The summed E-state index contributed by atoms with van der Waals surface area (Å²) < 4.78 is 17.6. The summed E-state index contributed by atoms with van der Waals surface area (Å²) in [5.74, 6) is -3.14. The van der Waals surface area contributed by atoms with Gasteiger partial charge in [0.1, 0.15) is 29.0 Å². The van der Waals surface area contributed by atoms with Crippen LogP contribution < -0.4 is 4.74 Å². The van der Waals surface area contributed by atoms with E-state index in [2.05, 4.69) is 14.8 Å². The molecule has 4 N–H and O–H groups in total. The largest absolute Gasteiger partial charge is 0.507 e. The van der Waals surface area contributed by atoms with E-state index in [0.29, 0.717) is 0 Å². The lowest BCUT2D eigenvalue weighted by molar-refractivity contribution is -0.246. The molecule has 6 atom stereocenters. The van der Waals surface area contributed by atoms with Gasteiger partial charge in [-0.1, -0.05) is 12.1 Å². The molecule has 2 heterocycles. The Bertz CT molecular complexity index is 1620. The highest BCUT2D eigenvalue weighted by molar-refractivity contribution is 6.31. The van der Waals surface area contributed by atoms with E-state index < -0.39 is 82.6 Å². The number of carbonyl (C=O) groups is 3. The standard InChI is InChI=1S/C33H39N3O10.ClH/c1-16-28(38)20(34-15-36-10-8-35(3)9-11-36)12-23(45-16)46-22-14-33(43,17(2)37)13-19-25(22)32(42)27-26(30(19)40)29(39)18-6-5-7-21(44-4)24(18)31(27)41;/h5-7,15-16,20,22-23,28,38,40,42-43H,8-14H2,1-4H3;1H/t16?,20-,22-,23?,28?,33?;/m0./s1. The van der Waals surface area contributed by atoms with E-state index in [1.165, 1.54) is 32.2 Å². The van der Waals surface area contributed by atoms with Crippen LogP contribution in [-0.2, 0) is 20.7 Å². The Balaban J connectivity index is 0.00000433. The molecule has 0 spiro atoms. The molecule has 13 nitrogen and oxygen atoms in total. The van der Waals surface area contributed by atoms with Crippen molar-refractivity contribution >= 4 is 36.1 Å². The van der Waals surface area contributed by atoms with Crippen molar-refractivity contribution in [1.29, 1.82) is 0 Å². The Morgan fingerprint density at radius 3 is 2.43 bits per heavy atom. The fraction of sp³-hybridized carbons (Fsp3) is 0.515. The number of aliphatic hydroxyl groups is 2. The summed E-state index contributed by atoms with van der Waals surface area (Å²) >= 11 is 0. The summed E-state index contributed by atoms with van der Waals surface area (Å²) in [4.78, 5) is 49.2. The number of hydrogen-bond donors (Lipinski definition) is 4. The number of aromatic hydroxyl groups is 2. The number of ketones is 3. The molecule has 2 aliphatic heterocycles. The number of likely N-dealkylation sites (N-methyl/N-ethyl adjacent to an activating group) is 1. The fourth-order valence-electron chi connectivity index (χ4n) is 6.86. The fourth-order valence-corrected chi connectivity index (χ4v) is 6.86. The molecule has 254 valence electrons. The summed E-state index contributed by atoms with van der Waals surface area (Å²) in [6, 6.07) is 3.87. The lowest BCUT2D eigenvalue weighted by Crippen LogP contribution is -2.49. The van der Waals surface area contributed by atoms with E-state index in [4.69, 9.17) is 14.2 Å². The van der Waals surface area contributed by atoms with Crippen LogP contribution in [0.2, 0.25) is 0 Å². The number of rotatable bonds is 6. The first-order valence-electron chi connectivity index (χ1n) is 15.4. The van der Waals surface area contributed by atoms with Gasteiger partial charge in [0.05, 0.1) is 48.4 Å². The molecule has 0 radical (unpaired) electrons. The minimum Gasteiger partial charge on any atom is -0.507 e. The molecule has 0 saturated carbocycles. The van der Waals surface area contributed by atoms with Crippen LogP contribution in [0.25, 0.3) is 0 Å². The number of aliphatic hydroxyl groups excluding tert-OH is 1. The first-order chi connectivity index (χ1) is 21.8. The Morgan fingerprint density at radius 2 is 1.77 bits per heavy atom. The maximum atomic E-state index is 13.8. The zero-order valence-electron chi connectivity index (χ0n) is 26.6. The molecule has 6 rings (SSSR count). The van der Waals surface area contributed by atoms with Gasteiger partial charge in [0.25, 0.3) is 0 Å². The third-order valence-electron chi connectivity index (χ3n) is 9.68. The number of carbonyl (C=O) groups excluding carboxylic acids is 3. The van der Waals surface area contributed by atoms with Crippen LogP contribution in [-0.4, -0.2) is 124 Å². The predicted octanol–water partition coefficient (Wildman–Crippen LogP) is 1.77. The molecule has 14 heteroatoms. The van der Waals surface area contributed by atoms with E-state index in [-0.39, 0.29) is 53.3 Å². The van der Waals surface area contributed by atoms with Crippen molar-refractivity contribution in [2.24, 2.45) is 4.99 Å². The first kappa shape index (κ1) is 34.7. The zero-order valence-corrected chi connectivity index (χ0v) is 27.5. The van der Waals surface area contributed by atoms with Crippen LogP contribution in [0.3, 0.4) is 0 Å². The van der Waals surface area contributed by atoms with Gasteiger partial charge in [0.15, 0.2) is 17.9 Å². The lowest BCUT2D eigenvalue weighted by Gasteiger charge is -2.42. The van der Waals surface area contributed by atoms with Crippen molar-refractivity contribution in [3.63, 3.8) is 0 Å². The Morgan fingerprint density at radius 1 is 1.09 bits per heavy atom. The Kier molecular flexibility index (Phi) is 9.71. The highest BCUT2D eigenvalue weighted by Crippen LogP contribution is 2.52. The SMILES string of the molecule is COc1cccc2c1C(=O)c1c(O)c3c(c(O)c1C2=O)CC(O)(C(C)=O)C[C@@H]3OC1C[C@H](N=CN2CCN(C)CC2)C(O)C(C)O1.Cl. The molecular weight excluding hydrogens is 634 g/mol.